The summed E-state index contributed by atoms with van der Waals surface area (Å²) in [7, 11) is -2.24. The fourth-order valence-corrected chi connectivity index (χ4v) is 6.52. The van der Waals surface area contributed by atoms with E-state index in [0.29, 0.717) is 26.1 Å². The van der Waals surface area contributed by atoms with Crippen LogP contribution in [-0.2, 0) is 32.5 Å². The van der Waals surface area contributed by atoms with Crippen molar-refractivity contribution in [1.29, 1.82) is 0 Å². The molecular weight excluding hydrogens is 536 g/mol. The third kappa shape index (κ3) is 10.4. The quantitative estimate of drug-likeness (QED) is 0.131. The van der Waals surface area contributed by atoms with Crippen LogP contribution < -0.4 is 4.74 Å². The lowest BCUT2D eigenvalue weighted by Crippen LogP contribution is -2.44. The molecule has 1 N–H and O–H groups in total. The van der Waals surface area contributed by atoms with E-state index in [9.17, 15) is 13.5 Å². The summed E-state index contributed by atoms with van der Waals surface area (Å²) in [5.74, 6) is 0.820. The van der Waals surface area contributed by atoms with Crippen molar-refractivity contribution in [3.63, 3.8) is 0 Å². The molecule has 0 aliphatic carbocycles. The SMILES string of the molecule is CCC[C@@H](OCc1ccccc1)C(C(O)/C=C/CCCCOCc1ccc(OC)cc1)S(=O)(=O)c1ccc(C)cc1. The van der Waals surface area contributed by atoms with E-state index in [1.807, 2.05) is 74.5 Å². The Balaban J connectivity index is 1.61. The predicted octanol–water partition coefficient (Wildman–Crippen LogP) is 6.84. The molecule has 41 heavy (non-hydrogen) atoms. The average Bonchev–Trinajstić information content (AvgIpc) is 2.98. The van der Waals surface area contributed by atoms with Gasteiger partial charge in [0.1, 0.15) is 11.0 Å². The molecule has 6 nitrogen and oxygen atoms in total. The number of aliphatic hydroxyl groups is 1. The molecule has 7 heteroatoms. The number of ether oxygens (including phenoxy) is 3. The molecule has 0 aromatic heterocycles. The molecule has 0 bridgehead atoms. The maximum absolute atomic E-state index is 13.9. The molecule has 3 rings (SSSR count). The first kappa shape index (κ1) is 32.5. The molecule has 0 amide bonds. The highest BCUT2D eigenvalue weighted by Gasteiger charge is 2.39. The Labute approximate surface area is 245 Å². The van der Waals surface area contributed by atoms with E-state index < -0.39 is 27.3 Å². The van der Waals surface area contributed by atoms with Gasteiger partial charge < -0.3 is 19.3 Å². The van der Waals surface area contributed by atoms with Gasteiger partial charge in [0, 0.05) is 6.61 Å². The lowest BCUT2D eigenvalue weighted by molar-refractivity contribution is 0.0110. The van der Waals surface area contributed by atoms with Crippen LogP contribution in [0.25, 0.3) is 0 Å². The molecule has 0 saturated carbocycles. The molecule has 0 heterocycles. The van der Waals surface area contributed by atoms with E-state index in [-0.39, 0.29) is 11.5 Å². The zero-order chi connectivity index (χ0) is 29.5. The predicted molar refractivity (Wildman–Crippen MR) is 164 cm³/mol. The van der Waals surface area contributed by atoms with Crippen LogP contribution in [0.5, 0.6) is 5.75 Å². The van der Waals surface area contributed by atoms with Gasteiger partial charge in [-0.2, -0.15) is 0 Å². The minimum absolute atomic E-state index is 0.193. The molecule has 0 aliphatic heterocycles. The average molecular weight is 581 g/mol. The number of methoxy groups -OCH3 is 1. The zero-order valence-electron chi connectivity index (χ0n) is 24.4. The van der Waals surface area contributed by atoms with Crippen molar-refractivity contribution in [1.82, 2.24) is 0 Å². The highest BCUT2D eigenvalue weighted by Crippen LogP contribution is 2.27. The zero-order valence-corrected chi connectivity index (χ0v) is 25.3. The minimum Gasteiger partial charge on any atom is -0.497 e. The number of aryl methyl sites for hydroxylation is 1. The van der Waals surface area contributed by atoms with Crippen LogP contribution in [0.2, 0.25) is 0 Å². The third-order valence-electron chi connectivity index (χ3n) is 6.96. The Hall–Kier alpha value is -2.97. The van der Waals surface area contributed by atoms with Crippen LogP contribution in [0.3, 0.4) is 0 Å². The van der Waals surface area contributed by atoms with Gasteiger partial charge in [-0.3, -0.25) is 0 Å². The molecule has 0 saturated heterocycles. The fourth-order valence-electron chi connectivity index (χ4n) is 4.62. The Morgan fingerprint density at radius 2 is 1.56 bits per heavy atom. The van der Waals surface area contributed by atoms with Gasteiger partial charge >= 0.3 is 0 Å². The van der Waals surface area contributed by atoms with Crippen LogP contribution in [-0.4, -0.2) is 44.7 Å². The maximum Gasteiger partial charge on any atom is 0.186 e. The van der Waals surface area contributed by atoms with Gasteiger partial charge in [-0.25, -0.2) is 8.42 Å². The van der Waals surface area contributed by atoms with E-state index in [2.05, 4.69) is 0 Å². The van der Waals surface area contributed by atoms with Crippen molar-refractivity contribution in [2.75, 3.05) is 13.7 Å². The van der Waals surface area contributed by atoms with E-state index in [0.717, 1.165) is 41.7 Å². The number of benzene rings is 3. The highest BCUT2D eigenvalue weighted by molar-refractivity contribution is 7.92. The molecule has 2 unspecified atom stereocenters. The first-order valence-corrected chi connectivity index (χ1v) is 15.9. The number of aliphatic hydroxyl groups excluding tert-OH is 1. The third-order valence-corrected chi connectivity index (χ3v) is 9.19. The van der Waals surface area contributed by atoms with E-state index in [1.54, 1.807) is 37.5 Å². The number of rotatable bonds is 18. The van der Waals surface area contributed by atoms with Gasteiger partial charge in [-0.05, 0) is 68.0 Å². The van der Waals surface area contributed by atoms with Gasteiger partial charge in [-0.15, -0.1) is 0 Å². The summed E-state index contributed by atoms with van der Waals surface area (Å²) in [6.07, 6.45) is 5.28. The van der Waals surface area contributed by atoms with Crippen LogP contribution in [0, 0.1) is 6.92 Å². The summed E-state index contributed by atoms with van der Waals surface area (Å²) in [4.78, 5) is 0.193. The van der Waals surface area contributed by atoms with E-state index in [1.165, 1.54) is 0 Å². The molecule has 3 aromatic carbocycles. The number of sulfone groups is 1. The molecule has 3 aromatic rings. The topological polar surface area (TPSA) is 82.1 Å². The number of hydrogen-bond acceptors (Lipinski definition) is 6. The Bertz CT molecular complexity index is 1270. The van der Waals surface area contributed by atoms with Crippen LogP contribution in [0.15, 0.2) is 95.9 Å². The van der Waals surface area contributed by atoms with E-state index >= 15 is 0 Å². The molecule has 0 radical (unpaired) electrons. The second-order valence-electron chi connectivity index (χ2n) is 10.3. The van der Waals surface area contributed by atoms with E-state index in [4.69, 9.17) is 14.2 Å². The Morgan fingerprint density at radius 3 is 2.22 bits per heavy atom. The summed E-state index contributed by atoms with van der Waals surface area (Å²) < 4.78 is 44.9. The number of unbranched alkanes of at least 4 members (excludes halogenated alkanes) is 2. The maximum atomic E-state index is 13.9. The fraction of sp³-hybridized carbons (Fsp3) is 0.412. The van der Waals surface area contributed by atoms with Crippen molar-refractivity contribution < 1.29 is 27.7 Å². The monoisotopic (exact) mass is 580 g/mol. The number of hydrogen-bond donors (Lipinski definition) is 1. The van der Waals surface area contributed by atoms with Crippen LogP contribution in [0.4, 0.5) is 0 Å². The summed E-state index contributed by atoms with van der Waals surface area (Å²) in [6.45, 7) is 5.35. The summed E-state index contributed by atoms with van der Waals surface area (Å²) in [6, 6.07) is 24.3. The molecule has 0 spiro atoms. The highest BCUT2D eigenvalue weighted by atomic mass is 32.2. The van der Waals surface area contributed by atoms with Crippen molar-refractivity contribution in [3.8, 4) is 5.75 Å². The van der Waals surface area contributed by atoms with Gasteiger partial charge in [0.05, 0.1) is 37.4 Å². The first-order chi connectivity index (χ1) is 19.8. The van der Waals surface area contributed by atoms with Gasteiger partial charge in [0.2, 0.25) is 0 Å². The van der Waals surface area contributed by atoms with Crippen LogP contribution >= 0.6 is 0 Å². The summed E-state index contributed by atoms with van der Waals surface area (Å²) in [5, 5.41) is 10.2. The molecule has 0 aliphatic rings. The Kier molecular flexibility index (Phi) is 13.6. The second kappa shape index (κ2) is 17.1. The van der Waals surface area contributed by atoms with Crippen molar-refractivity contribution in [3.05, 3.63) is 108 Å². The lowest BCUT2D eigenvalue weighted by atomic mass is 10.1. The normalized spacial score (nSPS) is 14.1. The second-order valence-corrected chi connectivity index (χ2v) is 12.4. The van der Waals surface area contributed by atoms with Gasteiger partial charge in [-0.1, -0.05) is 85.7 Å². The summed E-state index contributed by atoms with van der Waals surface area (Å²) >= 11 is 0. The van der Waals surface area contributed by atoms with Crippen molar-refractivity contribution >= 4 is 9.84 Å². The molecule has 222 valence electrons. The van der Waals surface area contributed by atoms with Crippen molar-refractivity contribution in [2.24, 2.45) is 0 Å². The standard InChI is InChI=1S/C34H44O6S/c1-4-12-33(40-26-28-13-8-7-9-14-28)34(41(36,37)31-22-16-27(2)17-23-31)32(35)15-10-5-6-11-24-39-25-29-18-20-30(38-3)21-19-29/h7-10,13-23,32-35H,4-6,11-12,24-26H2,1-3H3/b15-10+/t32?,33-,34?/m1/s1. The van der Waals surface area contributed by atoms with Crippen LogP contribution in [0.1, 0.15) is 55.7 Å². The van der Waals surface area contributed by atoms with Gasteiger partial charge in [0.15, 0.2) is 9.84 Å². The smallest absolute Gasteiger partial charge is 0.186 e. The minimum atomic E-state index is -3.88. The lowest BCUT2D eigenvalue weighted by Gasteiger charge is -2.30. The van der Waals surface area contributed by atoms with Crippen molar-refractivity contribution in [2.45, 2.75) is 81.5 Å². The largest absolute Gasteiger partial charge is 0.497 e. The molecular formula is C34H44O6S. The molecule has 3 atom stereocenters. The summed E-state index contributed by atoms with van der Waals surface area (Å²) in [5.41, 5.74) is 3.02. The molecule has 0 fully saturated rings. The Morgan fingerprint density at radius 1 is 0.878 bits per heavy atom. The van der Waals surface area contributed by atoms with Gasteiger partial charge in [0.25, 0.3) is 0 Å². The number of allylic oxidation sites excluding steroid dienone is 1. The first-order valence-electron chi connectivity index (χ1n) is 14.4.